The summed E-state index contributed by atoms with van der Waals surface area (Å²) in [6.07, 6.45) is 0.778. The van der Waals surface area contributed by atoms with Gasteiger partial charge in [0.05, 0.1) is 13.2 Å². The van der Waals surface area contributed by atoms with Crippen molar-refractivity contribution in [1.29, 1.82) is 0 Å². The van der Waals surface area contributed by atoms with E-state index in [1.165, 1.54) is 8.61 Å². The van der Waals surface area contributed by atoms with Gasteiger partial charge >= 0.3 is 0 Å². The van der Waals surface area contributed by atoms with Gasteiger partial charge in [-0.05, 0) is 26.4 Å². The maximum Gasteiger partial charge on any atom is 0.282 e. The van der Waals surface area contributed by atoms with E-state index in [1.54, 1.807) is 21.3 Å². The summed E-state index contributed by atoms with van der Waals surface area (Å²) in [5.41, 5.74) is 0. The lowest BCUT2D eigenvalue weighted by atomic mass is 10.3. The van der Waals surface area contributed by atoms with E-state index in [4.69, 9.17) is 9.47 Å². The molecule has 0 spiro atoms. The molecule has 0 heterocycles. The van der Waals surface area contributed by atoms with Gasteiger partial charge in [0.15, 0.2) is 0 Å². The van der Waals surface area contributed by atoms with E-state index >= 15 is 0 Å². The number of nitrogens with zero attached hydrogens (tertiary/aromatic N) is 2. The number of hydrogen-bond acceptors (Lipinski definition) is 5. The second-order valence-electron chi connectivity index (χ2n) is 4.94. The molecule has 0 radical (unpaired) electrons. The summed E-state index contributed by atoms with van der Waals surface area (Å²) in [5, 5.41) is 3.19. The van der Waals surface area contributed by atoms with Gasteiger partial charge in [-0.1, -0.05) is 6.92 Å². The van der Waals surface area contributed by atoms with Crippen LogP contribution in [0.3, 0.4) is 0 Å². The van der Waals surface area contributed by atoms with Crippen LogP contribution in [0.2, 0.25) is 0 Å². The maximum absolute atomic E-state index is 12.6. The highest BCUT2D eigenvalue weighted by atomic mass is 32.2. The van der Waals surface area contributed by atoms with Crippen molar-refractivity contribution in [3.8, 4) is 0 Å². The molecule has 0 rings (SSSR count). The van der Waals surface area contributed by atoms with Crippen LogP contribution in [-0.2, 0) is 19.7 Å². The molecule has 0 aliphatic carbocycles. The van der Waals surface area contributed by atoms with Crippen LogP contribution >= 0.6 is 0 Å². The van der Waals surface area contributed by atoms with Gasteiger partial charge in [-0.15, -0.1) is 0 Å². The van der Waals surface area contributed by atoms with Crippen LogP contribution < -0.4 is 5.32 Å². The molecule has 0 aliphatic heterocycles. The minimum Gasteiger partial charge on any atom is -0.383 e. The van der Waals surface area contributed by atoms with Gasteiger partial charge in [-0.3, -0.25) is 0 Å². The van der Waals surface area contributed by atoms with Crippen molar-refractivity contribution in [2.75, 3.05) is 60.7 Å². The molecule has 8 heteroatoms. The lowest BCUT2D eigenvalue weighted by molar-refractivity contribution is 0.115. The van der Waals surface area contributed by atoms with Gasteiger partial charge in [0.2, 0.25) is 0 Å². The predicted octanol–water partition coefficient (Wildman–Crippen LogP) is 0.146. The van der Waals surface area contributed by atoms with Crippen LogP contribution in [0.4, 0.5) is 0 Å². The minimum atomic E-state index is -3.50. The Balaban J connectivity index is 4.73. The Bertz CT molecular complexity index is 351. The van der Waals surface area contributed by atoms with Gasteiger partial charge in [0.1, 0.15) is 0 Å². The third-order valence-corrected chi connectivity index (χ3v) is 5.29. The number of ether oxygens (including phenoxy) is 2. The fraction of sp³-hybridized carbons (Fsp3) is 1.00. The summed E-state index contributed by atoms with van der Waals surface area (Å²) in [7, 11) is 1.24. The van der Waals surface area contributed by atoms with Crippen LogP contribution in [0.15, 0.2) is 0 Å². The average Bonchev–Trinajstić information content (AvgIpc) is 2.43. The van der Waals surface area contributed by atoms with E-state index in [0.717, 1.165) is 19.5 Å². The summed E-state index contributed by atoms with van der Waals surface area (Å²) in [5.74, 6) is 0. The van der Waals surface area contributed by atoms with E-state index < -0.39 is 10.2 Å². The van der Waals surface area contributed by atoms with Crippen molar-refractivity contribution in [2.24, 2.45) is 0 Å². The van der Waals surface area contributed by atoms with Crippen LogP contribution in [0.25, 0.3) is 0 Å². The van der Waals surface area contributed by atoms with Gasteiger partial charge in [-0.25, -0.2) is 0 Å². The maximum atomic E-state index is 12.6. The molecule has 0 saturated heterocycles. The molecule has 7 nitrogen and oxygen atoms in total. The molecule has 0 amide bonds. The van der Waals surface area contributed by atoms with Crippen molar-refractivity contribution >= 4 is 10.2 Å². The Morgan fingerprint density at radius 1 is 1.19 bits per heavy atom. The zero-order valence-electron chi connectivity index (χ0n) is 14.0. The zero-order chi connectivity index (χ0) is 16.3. The molecule has 0 fully saturated rings. The van der Waals surface area contributed by atoms with Gasteiger partial charge in [-0.2, -0.15) is 17.0 Å². The molecule has 0 aromatic rings. The molecule has 0 bridgehead atoms. The molecule has 1 N–H and O–H groups in total. The molecule has 0 aromatic heterocycles. The molecular weight excluding hydrogens is 294 g/mol. The Kier molecular flexibility index (Phi) is 11.2. The Morgan fingerprint density at radius 2 is 1.86 bits per heavy atom. The van der Waals surface area contributed by atoms with Gasteiger partial charge in [0, 0.05) is 40.4 Å². The number of methoxy groups -OCH3 is 2. The SMILES string of the molecule is CCNCCCN(C)S(=O)(=O)N(CCOC)C(C)COC. The van der Waals surface area contributed by atoms with Crippen LogP contribution in [0, 0.1) is 0 Å². The van der Waals surface area contributed by atoms with Crippen molar-refractivity contribution in [1.82, 2.24) is 13.9 Å². The Labute approximate surface area is 129 Å². The molecule has 1 unspecified atom stereocenters. The fourth-order valence-electron chi connectivity index (χ4n) is 1.97. The van der Waals surface area contributed by atoms with Crippen molar-refractivity contribution in [3.05, 3.63) is 0 Å². The summed E-state index contributed by atoms with van der Waals surface area (Å²) in [6.45, 7) is 7.08. The molecule has 0 saturated carbocycles. The van der Waals surface area contributed by atoms with Crippen molar-refractivity contribution < 1.29 is 17.9 Å². The molecule has 0 aromatic carbocycles. The quantitative estimate of drug-likeness (QED) is 0.488. The first-order valence-corrected chi connectivity index (χ1v) is 8.73. The highest BCUT2D eigenvalue weighted by Gasteiger charge is 2.30. The number of hydrogen-bond donors (Lipinski definition) is 1. The monoisotopic (exact) mass is 325 g/mol. The van der Waals surface area contributed by atoms with Gasteiger partial charge in [0.25, 0.3) is 10.2 Å². The lowest BCUT2D eigenvalue weighted by Crippen LogP contribution is -2.49. The van der Waals surface area contributed by atoms with Crippen molar-refractivity contribution in [3.63, 3.8) is 0 Å². The van der Waals surface area contributed by atoms with E-state index in [1.807, 2.05) is 13.8 Å². The molecule has 1 atom stereocenters. The summed E-state index contributed by atoms with van der Waals surface area (Å²) in [4.78, 5) is 0. The standard InChI is InChI=1S/C13H31N3O4S/c1-6-14-8-7-9-15(3)21(17,18)16(10-11-19-4)13(2)12-20-5/h13-14H,6-12H2,1-5H3. The molecule has 128 valence electrons. The van der Waals surface area contributed by atoms with E-state index in [0.29, 0.717) is 26.3 Å². The number of nitrogens with one attached hydrogen (secondary N) is 1. The fourth-order valence-corrected chi connectivity index (χ4v) is 3.51. The molecular formula is C13H31N3O4S. The predicted molar refractivity (Wildman–Crippen MR) is 84.6 cm³/mol. The van der Waals surface area contributed by atoms with E-state index in [-0.39, 0.29) is 6.04 Å². The summed E-state index contributed by atoms with van der Waals surface area (Å²) < 4.78 is 38.2. The second-order valence-corrected chi connectivity index (χ2v) is 6.93. The first-order chi connectivity index (χ1) is 9.91. The normalized spacial score (nSPS) is 14.0. The second kappa shape index (κ2) is 11.3. The highest BCUT2D eigenvalue weighted by molar-refractivity contribution is 7.86. The van der Waals surface area contributed by atoms with E-state index in [9.17, 15) is 8.42 Å². The largest absolute Gasteiger partial charge is 0.383 e. The molecule has 0 aliphatic rings. The smallest absolute Gasteiger partial charge is 0.282 e. The topological polar surface area (TPSA) is 71.1 Å². The molecule has 21 heavy (non-hydrogen) atoms. The third-order valence-electron chi connectivity index (χ3n) is 3.18. The zero-order valence-corrected chi connectivity index (χ0v) is 14.8. The number of rotatable bonds is 13. The Morgan fingerprint density at radius 3 is 2.38 bits per heavy atom. The van der Waals surface area contributed by atoms with Crippen molar-refractivity contribution in [2.45, 2.75) is 26.3 Å². The highest BCUT2D eigenvalue weighted by Crippen LogP contribution is 2.12. The summed E-state index contributed by atoms with van der Waals surface area (Å²) in [6, 6.07) is -0.230. The lowest BCUT2D eigenvalue weighted by Gasteiger charge is -2.31. The Hall–Kier alpha value is -0.250. The summed E-state index contributed by atoms with van der Waals surface area (Å²) >= 11 is 0. The first-order valence-electron chi connectivity index (χ1n) is 7.33. The van der Waals surface area contributed by atoms with Crippen LogP contribution in [0.5, 0.6) is 0 Å². The first kappa shape index (κ1) is 20.8. The van der Waals surface area contributed by atoms with E-state index in [2.05, 4.69) is 5.32 Å². The third kappa shape index (κ3) is 7.53. The average molecular weight is 325 g/mol. The van der Waals surface area contributed by atoms with Gasteiger partial charge < -0.3 is 14.8 Å². The van der Waals surface area contributed by atoms with Crippen LogP contribution in [0.1, 0.15) is 20.3 Å². The minimum absolute atomic E-state index is 0.230. The van der Waals surface area contributed by atoms with Crippen LogP contribution in [-0.4, -0.2) is 83.7 Å².